The molecule has 1 heterocycles. The van der Waals surface area contributed by atoms with Gasteiger partial charge in [-0.25, -0.2) is 4.98 Å². The van der Waals surface area contributed by atoms with E-state index in [9.17, 15) is 4.79 Å². The van der Waals surface area contributed by atoms with Crippen molar-refractivity contribution >= 4 is 28.7 Å². The third kappa shape index (κ3) is 3.13. The van der Waals surface area contributed by atoms with Gasteiger partial charge < -0.3 is 15.2 Å². The predicted molar refractivity (Wildman–Crippen MR) is 92.8 cm³/mol. The first-order valence-electron chi connectivity index (χ1n) is 7.24. The van der Waals surface area contributed by atoms with Crippen molar-refractivity contribution in [3.05, 3.63) is 30.1 Å². The van der Waals surface area contributed by atoms with Gasteiger partial charge in [-0.05, 0) is 32.2 Å². The zero-order valence-electron chi connectivity index (χ0n) is 13.8. The Kier molecular flexibility index (Phi) is 4.82. The topological polar surface area (TPSA) is 64.2 Å². The molecular weight excluding hydrogens is 296 g/mol. The number of nitrogens with two attached hydrogens (primary N) is 1. The van der Waals surface area contributed by atoms with Crippen LogP contribution in [0.25, 0.3) is 11.0 Å². The van der Waals surface area contributed by atoms with E-state index in [0.717, 1.165) is 16.9 Å². The van der Waals surface area contributed by atoms with Gasteiger partial charge in [0, 0.05) is 18.8 Å². The molecule has 5 nitrogen and oxygen atoms in total. The van der Waals surface area contributed by atoms with Crippen LogP contribution in [0.15, 0.2) is 24.3 Å². The molecule has 22 heavy (non-hydrogen) atoms. The zero-order chi connectivity index (χ0) is 16.5. The summed E-state index contributed by atoms with van der Waals surface area (Å²) in [5.41, 5.74) is 8.14. The van der Waals surface area contributed by atoms with Gasteiger partial charge in [0.1, 0.15) is 5.82 Å². The second kappa shape index (κ2) is 6.30. The minimum absolute atomic E-state index is 0.0635. The number of nitrogens with zero attached hydrogens (tertiary/aromatic N) is 3. The Morgan fingerprint density at radius 3 is 2.68 bits per heavy atom. The quantitative estimate of drug-likeness (QED) is 0.915. The Morgan fingerprint density at radius 2 is 2.09 bits per heavy atom. The van der Waals surface area contributed by atoms with Crippen molar-refractivity contribution in [2.75, 3.05) is 13.3 Å². The number of carbonyl (C=O) groups excluding carboxylic acids is 1. The Hall–Kier alpha value is -1.53. The van der Waals surface area contributed by atoms with Crippen molar-refractivity contribution in [1.29, 1.82) is 0 Å². The van der Waals surface area contributed by atoms with Gasteiger partial charge in [-0.1, -0.05) is 12.1 Å². The number of carbonyl (C=O) groups is 1. The number of aromatic nitrogens is 2. The maximum atomic E-state index is 12.5. The second-order valence-electron chi connectivity index (χ2n) is 6.06. The lowest BCUT2D eigenvalue weighted by Gasteiger charge is -2.31. The number of rotatable bonds is 5. The molecule has 0 aliphatic rings. The van der Waals surface area contributed by atoms with Gasteiger partial charge in [-0.15, -0.1) is 0 Å². The van der Waals surface area contributed by atoms with E-state index in [0.29, 0.717) is 6.54 Å². The van der Waals surface area contributed by atoms with E-state index in [1.165, 1.54) is 0 Å². The molecule has 1 aromatic carbocycles. The summed E-state index contributed by atoms with van der Waals surface area (Å²) in [5.74, 6) is 0.789. The summed E-state index contributed by atoms with van der Waals surface area (Å²) in [7, 11) is 3.74. The number of thioether (sulfide) groups is 1. The Morgan fingerprint density at radius 1 is 1.45 bits per heavy atom. The molecule has 2 rings (SSSR count). The van der Waals surface area contributed by atoms with Crippen LogP contribution in [-0.2, 0) is 18.4 Å². The maximum Gasteiger partial charge on any atom is 0.241 e. The normalized spacial score (nSPS) is 13.4. The molecule has 120 valence electrons. The molecule has 0 bridgehead atoms. The van der Waals surface area contributed by atoms with Crippen LogP contribution in [0.3, 0.4) is 0 Å². The van der Waals surface area contributed by atoms with Crippen LogP contribution >= 0.6 is 11.8 Å². The Bertz CT molecular complexity index is 680. The van der Waals surface area contributed by atoms with E-state index >= 15 is 0 Å². The minimum atomic E-state index is -0.540. The zero-order valence-corrected chi connectivity index (χ0v) is 14.6. The van der Waals surface area contributed by atoms with Crippen LogP contribution in [0, 0.1) is 0 Å². The fourth-order valence-corrected chi connectivity index (χ4v) is 2.64. The van der Waals surface area contributed by atoms with Crippen LogP contribution in [0.4, 0.5) is 0 Å². The van der Waals surface area contributed by atoms with Gasteiger partial charge in [0.05, 0.1) is 23.6 Å². The van der Waals surface area contributed by atoms with Crippen molar-refractivity contribution < 1.29 is 4.79 Å². The lowest BCUT2D eigenvalue weighted by Crippen LogP contribution is -2.52. The summed E-state index contributed by atoms with van der Waals surface area (Å²) in [5, 5.41) is 0. The number of likely N-dealkylation sites (N-methyl/N-ethyl adjacent to an activating group) is 1. The number of amides is 1. The summed E-state index contributed by atoms with van der Waals surface area (Å²) in [4.78, 5) is 18.8. The number of imidazole rings is 1. The molecule has 0 saturated heterocycles. The molecule has 2 N–H and O–H groups in total. The number of hydrogen-bond donors (Lipinski definition) is 1. The highest BCUT2D eigenvalue weighted by molar-refractivity contribution is 8.00. The Labute approximate surface area is 135 Å². The Balaban J connectivity index is 2.18. The second-order valence-corrected chi connectivity index (χ2v) is 7.52. The molecule has 1 aromatic heterocycles. The molecule has 0 saturated carbocycles. The molecular formula is C16H24N4OS. The molecule has 0 aliphatic carbocycles. The van der Waals surface area contributed by atoms with Crippen LogP contribution in [0.5, 0.6) is 0 Å². The SMILES string of the molecule is CSC(C)(C)[C@H](N)C(=O)N(C)Cc1nc2ccccc2n1C. The summed E-state index contributed by atoms with van der Waals surface area (Å²) >= 11 is 1.60. The minimum Gasteiger partial charge on any atom is -0.337 e. The summed E-state index contributed by atoms with van der Waals surface area (Å²) in [6, 6.07) is 7.41. The molecule has 0 radical (unpaired) electrons. The van der Waals surface area contributed by atoms with Crippen molar-refractivity contribution in [2.24, 2.45) is 12.8 Å². The molecule has 6 heteroatoms. The van der Waals surface area contributed by atoms with Crippen molar-refractivity contribution in [3.63, 3.8) is 0 Å². The largest absolute Gasteiger partial charge is 0.337 e. The van der Waals surface area contributed by atoms with Gasteiger partial charge in [0.25, 0.3) is 0 Å². The first-order valence-corrected chi connectivity index (χ1v) is 8.46. The van der Waals surface area contributed by atoms with Gasteiger partial charge in [0.15, 0.2) is 0 Å². The molecule has 0 aliphatic heterocycles. The fraction of sp³-hybridized carbons (Fsp3) is 0.500. The van der Waals surface area contributed by atoms with Gasteiger partial charge in [-0.3, -0.25) is 4.79 Å². The number of para-hydroxylation sites is 2. The standard InChI is InChI=1S/C16H24N4OS/c1-16(2,22-5)14(17)15(21)19(3)10-13-18-11-8-6-7-9-12(11)20(13)4/h6-9,14H,10,17H2,1-5H3/t14-/m1/s1. The third-order valence-electron chi connectivity index (χ3n) is 4.18. The molecule has 0 unspecified atom stereocenters. The molecule has 0 spiro atoms. The summed E-state index contributed by atoms with van der Waals surface area (Å²) in [6.45, 7) is 4.43. The van der Waals surface area contributed by atoms with Crippen LogP contribution in [-0.4, -0.2) is 44.5 Å². The molecule has 1 amide bonds. The molecule has 1 atom stereocenters. The number of aryl methyl sites for hydroxylation is 1. The van der Waals surface area contributed by atoms with Crippen LogP contribution in [0.1, 0.15) is 19.7 Å². The van der Waals surface area contributed by atoms with E-state index in [2.05, 4.69) is 4.98 Å². The van der Waals surface area contributed by atoms with E-state index in [1.807, 2.05) is 56.0 Å². The van der Waals surface area contributed by atoms with E-state index in [1.54, 1.807) is 23.7 Å². The van der Waals surface area contributed by atoms with E-state index in [4.69, 9.17) is 5.73 Å². The maximum absolute atomic E-state index is 12.5. The first-order chi connectivity index (χ1) is 10.3. The lowest BCUT2D eigenvalue weighted by atomic mass is 10.0. The van der Waals surface area contributed by atoms with Gasteiger partial charge in [-0.2, -0.15) is 11.8 Å². The molecule has 0 fully saturated rings. The third-order valence-corrected chi connectivity index (χ3v) is 5.48. The van der Waals surface area contributed by atoms with E-state index < -0.39 is 6.04 Å². The van der Waals surface area contributed by atoms with Crippen molar-refractivity contribution in [2.45, 2.75) is 31.2 Å². The average Bonchev–Trinajstić information content (AvgIpc) is 2.82. The lowest BCUT2D eigenvalue weighted by molar-refractivity contribution is -0.132. The van der Waals surface area contributed by atoms with Crippen molar-refractivity contribution in [1.82, 2.24) is 14.5 Å². The first kappa shape index (κ1) is 16.8. The van der Waals surface area contributed by atoms with Gasteiger partial charge >= 0.3 is 0 Å². The van der Waals surface area contributed by atoms with Crippen molar-refractivity contribution in [3.8, 4) is 0 Å². The highest BCUT2D eigenvalue weighted by Crippen LogP contribution is 2.25. The number of benzene rings is 1. The summed E-state index contributed by atoms with van der Waals surface area (Å²) < 4.78 is 1.72. The highest BCUT2D eigenvalue weighted by Gasteiger charge is 2.33. The smallest absolute Gasteiger partial charge is 0.241 e. The number of fused-ring (bicyclic) bond motifs is 1. The van der Waals surface area contributed by atoms with Gasteiger partial charge in [0.2, 0.25) is 5.91 Å². The molecule has 2 aromatic rings. The average molecular weight is 320 g/mol. The summed E-state index contributed by atoms with van der Waals surface area (Å²) in [6.07, 6.45) is 1.97. The van der Waals surface area contributed by atoms with Crippen LogP contribution in [0.2, 0.25) is 0 Å². The number of hydrogen-bond acceptors (Lipinski definition) is 4. The van der Waals surface area contributed by atoms with E-state index in [-0.39, 0.29) is 10.7 Å². The van der Waals surface area contributed by atoms with Crippen LogP contribution < -0.4 is 5.73 Å². The highest BCUT2D eigenvalue weighted by atomic mass is 32.2. The predicted octanol–water partition coefficient (Wildman–Crippen LogP) is 2.00. The monoisotopic (exact) mass is 320 g/mol. The fourth-order valence-electron chi connectivity index (χ4n) is 2.29.